The molecule has 0 N–H and O–H groups in total. The Morgan fingerprint density at radius 3 is 2.69 bits per heavy atom. The van der Waals surface area contributed by atoms with Crippen molar-refractivity contribution in [3.05, 3.63) is 41.0 Å². The van der Waals surface area contributed by atoms with Gasteiger partial charge in [-0.25, -0.2) is 4.73 Å². The van der Waals surface area contributed by atoms with Crippen molar-refractivity contribution < 1.29 is 4.73 Å². The van der Waals surface area contributed by atoms with E-state index in [9.17, 15) is 5.21 Å². The molecule has 0 unspecified atom stereocenters. The van der Waals surface area contributed by atoms with Gasteiger partial charge in [-0.05, 0) is 24.0 Å². The van der Waals surface area contributed by atoms with Gasteiger partial charge in [0.2, 0.25) is 0 Å². The largest absolute Gasteiger partial charge is 0.711 e. The Bertz CT molecular complexity index is 466. The third kappa shape index (κ3) is 1.13. The molecular formula is C10H10N2O. The summed E-state index contributed by atoms with van der Waals surface area (Å²) in [5.74, 6) is 0.496. The molecule has 2 rings (SSSR count). The van der Waals surface area contributed by atoms with Crippen molar-refractivity contribution in [2.24, 2.45) is 0 Å². The standard InChI is InChI=1S/C10H10N2O/c1-7-9-5-3-4-6-10(9)11-8(2)12(7)13/h3-6H,1-2H3. The molecule has 0 atom stereocenters. The van der Waals surface area contributed by atoms with Gasteiger partial charge >= 0.3 is 0 Å². The first kappa shape index (κ1) is 7.98. The van der Waals surface area contributed by atoms with Gasteiger partial charge < -0.3 is 5.21 Å². The number of rotatable bonds is 0. The van der Waals surface area contributed by atoms with Crippen LogP contribution in [0.5, 0.6) is 0 Å². The van der Waals surface area contributed by atoms with Crippen molar-refractivity contribution in [3.8, 4) is 0 Å². The highest BCUT2D eigenvalue weighted by Gasteiger charge is 2.09. The molecule has 0 aliphatic carbocycles. The molecule has 1 heterocycles. The molecule has 13 heavy (non-hydrogen) atoms. The molecule has 0 bridgehead atoms. The summed E-state index contributed by atoms with van der Waals surface area (Å²) < 4.78 is 0.863. The van der Waals surface area contributed by atoms with E-state index in [-0.39, 0.29) is 0 Å². The van der Waals surface area contributed by atoms with Crippen LogP contribution in [0.4, 0.5) is 0 Å². The first-order valence-corrected chi connectivity index (χ1v) is 4.15. The number of aryl methyl sites for hydroxylation is 2. The Balaban J connectivity index is 2.94. The number of aromatic nitrogens is 2. The average Bonchev–Trinajstić information content (AvgIpc) is 2.15. The van der Waals surface area contributed by atoms with Crippen LogP contribution >= 0.6 is 0 Å². The maximum Gasteiger partial charge on any atom is 0.299 e. The lowest BCUT2D eigenvalue weighted by Gasteiger charge is -2.08. The molecule has 0 aliphatic rings. The van der Waals surface area contributed by atoms with E-state index in [0.717, 1.165) is 15.6 Å². The van der Waals surface area contributed by atoms with E-state index < -0.39 is 0 Å². The quantitative estimate of drug-likeness (QED) is 0.448. The predicted octanol–water partition coefficient (Wildman–Crippen LogP) is 1.49. The van der Waals surface area contributed by atoms with E-state index >= 15 is 0 Å². The van der Waals surface area contributed by atoms with Crippen LogP contribution in [-0.4, -0.2) is 4.98 Å². The van der Waals surface area contributed by atoms with Crippen molar-refractivity contribution in [2.75, 3.05) is 0 Å². The Morgan fingerprint density at radius 2 is 1.92 bits per heavy atom. The summed E-state index contributed by atoms with van der Waals surface area (Å²) >= 11 is 0. The summed E-state index contributed by atoms with van der Waals surface area (Å²) in [6.45, 7) is 3.52. The number of nitrogens with zero attached hydrogens (tertiary/aromatic N) is 2. The van der Waals surface area contributed by atoms with E-state index in [1.54, 1.807) is 6.92 Å². The molecule has 1 aromatic heterocycles. The molecule has 2 aromatic rings. The van der Waals surface area contributed by atoms with Gasteiger partial charge in [0.15, 0.2) is 5.52 Å². The minimum Gasteiger partial charge on any atom is -0.711 e. The normalized spacial score (nSPS) is 10.6. The fourth-order valence-corrected chi connectivity index (χ4v) is 1.45. The van der Waals surface area contributed by atoms with E-state index in [0.29, 0.717) is 11.5 Å². The highest BCUT2D eigenvalue weighted by molar-refractivity contribution is 5.79. The van der Waals surface area contributed by atoms with Crippen LogP contribution in [0.25, 0.3) is 10.9 Å². The average molecular weight is 174 g/mol. The van der Waals surface area contributed by atoms with Crippen molar-refractivity contribution in [3.63, 3.8) is 0 Å². The third-order valence-electron chi connectivity index (χ3n) is 2.17. The topological polar surface area (TPSA) is 39.8 Å². The second-order valence-electron chi connectivity index (χ2n) is 3.06. The van der Waals surface area contributed by atoms with Gasteiger partial charge in [-0.15, -0.1) is 0 Å². The second-order valence-corrected chi connectivity index (χ2v) is 3.06. The maximum absolute atomic E-state index is 11.4. The zero-order valence-corrected chi connectivity index (χ0v) is 7.61. The molecule has 0 spiro atoms. The van der Waals surface area contributed by atoms with E-state index in [4.69, 9.17) is 0 Å². The SMILES string of the molecule is Cc1nc2ccccc2c(C)[n+]1[O-]. The Kier molecular flexibility index (Phi) is 1.65. The fourth-order valence-electron chi connectivity index (χ4n) is 1.45. The van der Waals surface area contributed by atoms with Crippen molar-refractivity contribution in [2.45, 2.75) is 13.8 Å². The smallest absolute Gasteiger partial charge is 0.299 e. The lowest BCUT2D eigenvalue weighted by molar-refractivity contribution is -0.620. The van der Waals surface area contributed by atoms with Gasteiger partial charge in [0.05, 0.1) is 5.39 Å². The number of hydrogen-bond acceptors (Lipinski definition) is 2. The Morgan fingerprint density at radius 1 is 1.23 bits per heavy atom. The molecule has 3 nitrogen and oxygen atoms in total. The van der Waals surface area contributed by atoms with Crippen LogP contribution in [0.15, 0.2) is 24.3 Å². The molecule has 0 radical (unpaired) electrons. The summed E-state index contributed by atoms with van der Waals surface area (Å²) in [4.78, 5) is 4.19. The zero-order valence-electron chi connectivity index (χ0n) is 7.61. The monoisotopic (exact) mass is 174 g/mol. The number of para-hydroxylation sites is 1. The third-order valence-corrected chi connectivity index (χ3v) is 2.17. The van der Waals surface area contributed by atoms with E-state index in [1.807, 2.05) is 31.2 Å². The van der Waals surface area contributed by atoms with Crippen molar-refractivity contribution in [1.29, 1.82) is 0 Å². The first-order chi connectivity index (χ1) is 6.20. The second kappa shape index (κ2) is 2.69. The maximum atomic E-state index is 11.4. The highest BCUT2D eigenvalue weighted by atomic mass is 16.5. The molecule has 3 heteroatoms. The van der Waals surface area contributed by atoms with Crippen molar-refractivity contribution in [1.82, 2.24) is 4.98 Å². The molecule has 0 fully saturated rings. The lowest BCUT2D eigenvalue weighted by Crippen LogP contribution is -2.35. The summed E-state index contributed by atoms with van der Waals surface area (Å²) in [6.07, 6.45) is 0. The van der Waals surface area contributed by atoms with Gasteiger partial charge in [-0.1, -0.05) is 12.1 Å². The molecule has 0 aliphatic heterocycles. The van der Waals surface area contributed by atoms with Crippen LogP contribution in [0.3, 0.4) is 0 Å². The number of fused-ring (bicyclic) bond motifs is 1. The lowest BCUT2D eigenvalue weighted by atomic mass is 10.2. The zero-order chi connectivity index (χ0) is 9.42. The van der Waals surface area contributed by atoms with Gasteiger partial charge in [0.1, 0.15) is 5.69 Å². The molecule has 66 valence electrons. The molecular weight excluding hydrogens is 164 g/mol. The van der Waals surface area contributed by atoms with E-state index in [1.165, 1.54) is 0 Å². The first-order valence-electron chi connectivity index (χ1n) is 4.15. The van der Waals surface area contributed by atoms with Crippen LogP contribution in [-0.2, 0) is 0 Å². The Labute approximate surface area is 76.2 Å². The number of hydrogen-bond donors (Lipinski definition) is 0. The number of benzene rings is 1. The molecule has 0 saturated carbocycles. The minimum absolute atomic E-state index is 0.496. The molecule has 0 amide bonds. The van der Waals surface area contributed by atoms with Crippen LogP contribution in [0, 0.1) is 19.1 Å². The van der Waals surface area contributed by atoms with Crippen molar-refractivity contribution >= 4 is 10.9 Å². The highest BCUT2D eigenvalue weighted by Crippen LogP contribution is 2.12. The fraction of sp³-hybridized carbons (Fsp3) is 0.200. The summed E-state index contributed by atoms with van der Waals surface area (Å²) in [5, 5.41) is 12.4. The Hall–Kier alpha value is -1.64. The molecule has 0 saturated heterocycles. The van der Waals surface area contributed by atoms with Crippen LogP contribution < -0.4 is 4.73 Å². The van der Waals surface area contributed by atoms with Crippen LogP contribution in [0.2, 0.25) is 0 Å². The van der Waals surface area contributed by atoms with Gasteiger partial charge in [0.25, 0.3) is 5.82 Å². The summed E-state index contributed by atoms with van der Waals surface area (Å²) in [7, 11) is 0. The van der Waals surface area contributed by atoms with Crippen LogP contribution in [0.1, 0.15) is 11.5 Å². The summed E-state index contributed by atoms with van der Waals surface area (Å²) in [6, 6.07) is 7.65. The molecule has 1 aromatic carbocycles. The summed E-state index contributed by atoms with van der Waals surface area (Å²) in [5.41, 5.74) is 1.59. The minimum atomic E-state index is 0.496. The van der Waals surface area contributed by atoms with Gasteiger partial charge in [-0.2, -0.15) is 0 Å². The predicted molar refractivity (Wildman–Crippen MR) is 50.2 cm³/mol. The van der Waals surface area contributed by atoms with E-state index in [2.05, 4.69) is 4.98 Å². The van der Waals surface area contributed by atoms with Gasteiger partial charge in [-0.3, -0.25) is 0 Å². The van der Waals surface area contributed by atoms with Gasteiger partial charge in [0, 0.05) is 6.92 Å².